The summed E-state index contributed by atoms with van der Waals surface area (Å²) >= 11 is 0. The first-order chi connectivity index (χ1) is 12.3. The Morgan fingerprint density at radius 3 is 2.56 bits per heavy atom. The van der Waals surface area contributed by atoms with E-state index in [-0.39, 0.29) is 0 Å². The zero-order valence-electron chi connectivity index (χ0n) is 14.1. The van der Waals surface area contributed by atoms with Gasteiger partial charge < -0.3 is 4.90 Å². The third-order valence-electron chi connectivity index (χ3n) is 4.79. The van der Waals surface area contributed by atoms with Crippen molar-refractivity contribution in [3.8, 4) is 11.8 Å². The van der Waals surface area contributed by atoms with Gasteiger partial charge >= 0.3 is 0 Å². The number of aryl methyl sites for hydroxylation is 1. The Labute approximate surface area is 147 Å². The highest BCUT2D eigenvalue weighted by Crippen LogP contribution is 2.31. The quantitative estimate of drug-likeness (QED) is 0.738. The fraction of sp³-hybridized carbons (Fsp3) is 0.250. The molecule has 1 atom stereocenters. The van der Waals surface area contributed by atoms with E-state index in [1.165, 1.54) is 5.56 Å². The number of aromatic nitrogens is 3. The summed E-state index contributed by atoms with van der Waals surface area (Å²) in [4.78, 5) is 3.76. The van der Waals surface area contributed by atoms with Gasteiger partial charge in [-0.15, -0.1) is 15.0 Å². The predicted molar refractivity (Wildman–Crippen MR) is 96.8 cm³/mol. The minimum absolute atomic E-state index is 0.386. The van der Waals surface area contributed by atoms with E-state index >= 15 is 0 Å². The molecule has 2 heterocycles. The van der Waals surface area contributed by atoms with E-state index in [1.807, 2.05) is 37.3 Å². The van der Waals surface area contributed by atoms with E-state index in [0.717, 1.165) is 30.8 Å². The summed E-state index contributed by atoms with van der Waals surface area (Å²) in [7, 11) is 0. The monoisotopic (exact) mass is 329 g/mol. The molecule has 124 valence electrons. The van der Waals surface area contributed by atoms with Crippen molar-refractivity contribution in [1.82, 2.24) is 15.0 Å². The van der Waals surface area contributed by atoms with Gasteiger partial charge in [0.15, 0.2) is 5.82 Å². The van der Waals surface area contributed by atoms with Crippen LogP contribution in [-0.2, 0) is 0 Å². The van der Waals surface area contributed by atoms with Crippen molar-refractivity contribution >= 4 is 5.82 Å². The van der Waals surface area contributed by atoms with E-state index in [9.17, 15) is 5.26 Å². The van der Waals surface area contributed by atoms with Gasteiger partial charge in [-0.3, -0.25) is 0 Å². The third kappa shape index (κ3) is 2.87. The van der Waals surface area contributed by atoms with Crippen LogP contribution in [0.2, 0.25) is 0 Å². The molecule has 1 aliphatic heterocycles. The van der Waals surface area contributed by atoms with Crippen LogP contribution in [0.25, 0.3) is 5.69 Å². The van der Waals surface area contributed by atoms with Gasteiger partial charge in [0, 0.05) is 19.0 Å². The van der Waals surface area contributed by atoms with Crippen molar-refractivity contribution in [2.24, 2.45) is 0 Å². The minimum atomic E-state index is 0.386. The lowest BCUT2D eigenvalue weighted by Gasteiger charge is -2.15. The highest BCUT2D eigenvalue weighted by molar-refractivity contribution is 5.52. The fourth-order valence-electron chi connectivity index (χ4n) is 3.43. The van der Waals surface area contributed by atoms with Crippen LogP contribution in [0.4, 0.5) is 5.82 Å². The largest absolute Gasteiger partial charge is 0.352 e. The number of benzene rings is 2. The number of nitrogens with zero attached hydrogens (tertiary/aromatic N) is 5. The first-order valence-electron chi connectivity index (χ1n) is 8.49. The Kier molecular flexibility index (Phi) is 3.95. The second-order valence-electron chi connectivity index (χ2n) is 6.40. The van der Waals surface area contributed by atoms with Crippen molar-refractivity contribution in [2.75, 3.05) is 18.0 Å². The zero-order chi connectivity index (χ0) is 17.2. The number of para-hydroxylation sites is 1. The Morgan fingerprint density at radius 1 is 1.04 bits per heavy atom. The molecule has 2 aromatic carbocycles. The summed E-state index contributed by atoms with van der Waals surface area (Å²) in [5, 5.41) is 18.5. The highest BCUT2D eigenvalue weighted by Gasteiger charge is 2.28. The smallest absolute Gasteiger partial charge is 0.207 e. The van der Waals surface area contributed by atoms with Gasteiger partial charge in [0.1, 0.15) is 6.07 Å². The lowest BCUT2D eigenvalue weighted by Crippen LogP contribution is -2.20. The van der Waals surface area contributed by atoms with Crippen LogP contribution in [0.15, 0.2) is 54.6 Å². The van der Waals surface area contributed by atoms with Crippen molar-refractivity contribution in [1.29, 1.82) is 5.26 Å². The van der Waals surface area contributed by atoms with Crippen molar-refractivity contribution in [2.45, 2.75) is 19.3 Å². The van der Waals surface area contributed by atoms with Crippen LogP contribution in [0.1, 0.15) is 29.2 Å². The van der Waals surface area contributed by atoms with Crippen LogP contribution in [-0.4, -0.2) is 28.1 Å². The summed E-state index contributed by atoms with van der Waals surface area (Å²) in [5.41, 5.74) is 3.72. The first-order valence-corrected chi connectivity index (χ1v) is 8.49. The molecule has 25 heavy (non-hydrogen) atoms. The molecule has 4 rings (SSSR count). The maximum Gasteiger partial charge on any atom is 0.207 e. The Hall–Kier alpha value is -3.13. The number of hydrogen-bond acceptors (Lipinski definition) is 4. The number of anilines is 1. The molecule has 0 aliphatic carbocycles. The molecule has 1 saturated heterocycles. The van der Waals surface area contributed by atoms with Crippen LogP contribution in [0, 0.1) is 18.3 Å². The molecule has 0 saturated carbocycles. The fourth-order valence-corrected chi connectivity index (χ4v) is 3.43. The predicted octanol–water partition coefficient (Wildman–Crippen LogP) is 3.44. The van der Waals surface area contributed by atoms with Gasteiger partial charge in [0.25, 0.3) is 0 Å². The summed E-state index contributed by atoms with van der Waals surface area (Å²) in [6, 6.07) is 20.7. The first kappa shape index (κ1) is 15.4. The Balaban J connectivity index is 1.63. The van der Waals surface area contributed by atoms with Gasteiger partial charge in [0.05, 0.1) is 5.69 Å². The molecule has 0 unspecified atom stereocenters. The van der Waals surface area contributed by atoms with E-state index in [4.69, 9.17) is 0 Å². The SMILES string of the molecule is Cc1ccccc1-n1nc(C#N)c(N2CC[C@H](c3ccccc3)C2)n1. The molecular formula is C20H19N5. The lowest BCUT2D eigenvalue weighted by atomic mass is 9.99. The molecule has 3 aromatic rings. The summed E-state index contributed by atoms with van der Waals surface area (Å²) in [5.74, 6) is 1.15. The van der Waals surface area contributed by atoms with Gasteiger partial charge in [-0.1, -0.05) is 48.5 Å². The van der Waals surface area contributed by atoms with Crippen molar-refractivity contribution in [3.05, 3.63) is 71.4 Å². The summed E-state index contributed by atoms with van der Waals surface area (Å²) in [6.07, 6.45) is 1.06. The number of hydrogen-bond donors (Lipinski definition) is 0. The molecule has 0 bridgehead atoms. The van der Waals surface area contributed by atoms with E-state index in [1.54, 1.807) is 4.80 Å². The maximum atomic E-state index is 9.50. The molecule has 0 spiro atoms. The molecule has 5 nitrogen and oxygen atoms in total. The number of rotatable bonds is 3. The lowest BCUT2D eigenvalue weighted by molar-refractivity contribution is 0.737. The van der Waals surface area contributed by atoms with Crippen LogP contribution >= 0.6 is 0 Å². The summed E-state index contributed by atoms with van der Waals surface area (Å²) < 4.78 is 0. The van der Waals surface area contributed by atoms with Crippen LogP contribution < -0.4 is 4.90 Å². The molecule has 1 aromatic heterocycles. The maximum absolute atomic E-state index is 9.50. The zero-order valence-corrected chi connectivity index (χ0v) is 14.1. The Morgan fingerprint density at radius 2 is 1.80 bits per heavy atom. The van der Waals surface area contributed by atoms with Crippen molar-refractivity contribution < 1.29 is 0 Å². The van der Waals surface area contributed by atoms with Gasteiger partial charge in [0.2, 0.25) is 5.69 Å². The normalized spacial score (nSPS) is 16.8. The van der Waals surface area contributed by atoms with Gasteiger partial charge in [-0.25, -0.2) is 0 Å². The molecule has 0 N–H and O–H groups in total. The molecule has 0 amide bonds. The number of nitriles is 1. The molecule has 0 radical (unpaired) electrons. The van der Waals surface area contributed by atoms with E-state index in [0.29, 0.717) is 17.4 Å². The van der Waals surface area contributed by atoms with E-state index in [2.05, 4.69) is 45.4 Å². The van der Waals surface area contributed by atoms with E-state index < -0.39 is 0 Å². The minimum Gasteiger partial charge on any atom is -0.352 e. The molecule has 1 aliphatic rings. The molecular weight excluding hydrogens is 310 g/mol. The van der Waals surface area contributed by atoms with Crippen LogP contribution in [0.3, 0.4) is 0 Å². The molecule has 5 heteroatoms. The van der Waals surface area contributed by atoms with Crippen molar-refractivity contribution in [3.63, 3.8) is 0 Å². The standard InChI is InChI=1S/C20H19N5/c1-15-7-5-6-10-19(15)25-22-18(13-21)20(23-25)24-12-11-17(14-24)16-8-3-2-4-9-16/h2-10,17H,11-12,14H2,1H3/t17-/m0/s1. The topological polar surface area (TPSA) is 57.7 Å². The van der Waals surface area contributed by atoms with Gasteiger partial charge in [-0.05, 0) is 30.5 Å². The average molecular weight is 329 g/mol. The summed E-state index contributed by atoms with van der Waals surface area (Å²) in [6.45, 7) is 3.78. The third-order valence-corrected chi connectivity index (χ3v) is 4.79. The second kappa shape index (κ2) is 6.40. The second-order valence-corrected chi connectivity index (χ2v) is 6.40. The van der Waals surface area contributed by atoms with Gasteiger partial charge in [-0.2, -0.15) is 5.26 Å². The highest BCUT2D eigenvalue weighted by atomic mass is 15.5. The van der Waals surface area contributed by atoms with Crippen LogP contribution in [0.5, 0.6) is 0 Å². The Bertz CT molecular complexity index is 923. The average Bonchev–Trinajstić information content (AvgIpc) is 3.29. The molecule has 1 fully saturated rings.